The second-order valence-electron chi connectivity index (χ2n) is 3.43. The molecule has 0 aliphatic carbocycles. The Morgan fingerprint density at radius 2 is 2.00 bits per heavy atom. The first kappa shape index (κ1) is 11.0. The minimum absolute atomic E-state index is 0.272. The van der Waals surface area contributed by atoms with Crippen molar-refractivity contribution in [3.63, 3.8) is 0 Å². The van der Waals surface area contributed by atoms with Gasteiger partial charge in [-0.1, -0.05) is 49.4 Å². The van der Waals surface area contributed by atoms with E-state index in [-0.39, 0.29) is 6.10 Å². The van der Waals surface area contributed by atoms with E-state index in [1.165, 1.54) is 5.56 Å². The predicted molar refractivity (Wildman–Crippen MR) is 60.2 cm³/mol. The summed E-state index contributed by atoms with van der Waals surface area (Å²) in [7, 11) is 0. The second kappa shape index (κ2) is 6.39. The third-order valence-electron chi connectivity index (χ3n) is 2.22. The number of hydrogen-bond donors (Lipinski definition) is 1. The standard InChI is InChI=1S/C13H18O/c1-2-13(14)11-7-6-10-12-8-4-3-5-9-12/h3-5,7-9,11,13-14H,2,6,10H2,1H3/b11-7-/t13-/m1/s1. The van der Waals surface area contributed by atoms with Crippen molar-refractivity contribution < 1.29 is 5.11 Å². The highest BCUT2D eigenvalue weighted by Gasteiger charge is 1.92. The molecule has 1 atom stereocenters. The van der Waals surface area contributed by atoms with E-state index in [2.05, 4.69) is 30.3 Å². The van der Waals surface area contributed by atoms with E-state index in [4.69, 9.17) is 0 Å². The van der Waals surface area contributed by atoms with E-state index in [9.17, 15) is 5.11 Å². The third kappa shape index (κ3) is 4.24. The summed E-state index contributed by atoms with van der Waals surface area (Å²) in [4.78, 5) is 0. The summed E-state index contributed by atoms with van der Waals surface area (Å²) in [5.41, 5.74) is 1.35. The Balaban J connectivity index is 2.25. The number of rotatable bonds is 5. The smallest absolute Gasteiger partial charge is 0.0718 e. The van der Waals surface area contributed by atoms with E-state index in [1.54, 1.807) is 0 Å². The summed E-state index contributed by atoms with van der Waals surface area (Å²) in [5, 5.41) is 9.27. The predicted octanol–water partition coefficient (Wildman–Crippen LogP) is 2.95. The Morgan fingerprint density at radius 3 is 2.64 bits per heavy atom. The van der Waals surface area contributed by atoms with Gasteiger partial charge >= 0.3 is 0 Å². The Labute approximate surface area is 86.1 Å². The van der Waals surface area contributed by atoms with Gasteiger partial charge in [-0.25, -0.2) is 0 Å². The summed E-state index contributed by atoms with van der Waals surface area (Å²) in [6.45, 7) is 1.98. The number of aliphatic hydroxyl groups is 1. The van der Waals surface area contributed by atoms with E-state index in [0.29, 0.717) is 0 Å². The zero-order chi connectivity index (χ0) is 10.2. The molecule has 0 aromatic heterocycles. The Kier molecular flexibility index (Phi) is 5.02. The van der Waals surface area contributed by atoms with Crippen molar-refractivity contribution >= 4 is 0 Å². The van der Waals surface area contributed by atoms with Gasteiger partial charge in [-0.05, 0) is 24.8 Å². The normalized spacial score (nSPS) is 13.3. The lowest BCUT2D eigenvalue weighted by Gasteiger charge is -1.99. The zero-order valence-electron chi connectivity index (χ0n) is 8.69. The van der Waals surface area contributed by atoms with Crippen LogP contribution in [0, 0.1) is 0 Å². The van der Waals surface area contributed by atoms with Crippen LogP contribution in [0.25, 0.3) is 0 Å². The molecule has 1 aromatic rings. The van der Waals surface area contributed by atoms with Gasteiger partial charge in [0.05, 0.1) is 6.10 Å². The zero-order valence-corrected chi connectivity index (χ0v) is 8.69. The van der Waals surface area contributed by atoms with Gasteiger partial charge in [-0.3, -0.25) is 0 Å². The van der Waals surface area contributed by atoms with Crippen LogP contribution in [0.2, 0.25) is 0 Å². The largest absolute Gasteiger partial charge is 0.389 e. The summed E-state index contributed by atoms with van der Waals surface area (Å²) in [5.74, 6) is 0. The SMILES string of the molecule is CC[C@@H](O)/C=C\CCc1ccccc1. The molecule has 1 heteroatoms. The molecule has 0 unspecified atom stereocenters. The maximum absolute atomic E-state index is 9.27. The van der Waals surface area contributed by atoms with Gasteiger partial charge in [0.25, 0.3) is 0 Å². The molecular formula is C13H18O. The van der Waals surface area contributed by atoms with Crippen LogP contribution in [0.4, 0.5) is 0 Å². The van der Waals surface area contributed by atoms with Gasteiger partial charge < -0.3 is 5.11 Å². The van der Waals surface area contributed by atoms with Crippen LogP contribution in [0.1, 0.15) is 25.3 Å². The monoisotopic (exact) mass is 190 g/mol. The fourth-order valence-corrected chi connectivity index (χ4v) is 1.28. The maximum Gasteiger partial charge on any atom is 0.0718 e. The van der Waals surface area contributed by atoms with Crippen molar-refractivity contribution in [2.24, 2.45) is 0 Å². The lowest BCUT2D eigenvalue weighted by atomic mass is 10.1. The topological polar surface area (TPSA) is 20.2 Å². The van der Waals surface area contributed by atoms with Gasteiger partial charge in [0.2, 0.25) is 0 Å². The van der Waals surface area contributed by atoms with Gasteiger partial charge in [-0.2, -0.15) is 0 Å². The molecule has 1 rings (SSSR count). The van der Waals surface area contributed by atoms with Gasteiger partial charge in [0, 0.05) is 0 Å². The molecule has 0 amide bonds. The Hall–Kier alpha value is -1.08. The fraction of sp³-hybridized carbons (Fsp3) is 0.385. The van der Waals surface area contributed by atoms with Crippen molar-refractivity contribution in [1.29, 1.82) is 0 Å². The molecule has 14 heavy (non-hydrogen) atoms. The molecule has 0 saturated carbocycles. The van der Waals surface area contributed by atoms with Crippen LogP contribution in [0.5, 0.6) is 0 Å². The number of aliphatic hydroxyl groups excluding tert-OH is 1. The highest BCUT2D eigenvalue weighted by atomic mass is 16.3. The molecule has 0 aliphatic rings. The first-order chi connectivity index (χ1) is 6.83. The lowest BCUT2D eigenvalue weighted by molar-refractivity contribution is 0.219. The molecule has 0 saturated heterocycles. The van der Waals surface area contributed by atoms with Crippen LogP contribution in [-0.4, -0.2) is 11.2 Å². The Morgan fingerprint density at radius 1 is 1.29 bits per heavy atom. The third-order valence-corrected chi connectivity index (χ3v) is 2.22. The van der Waals surface area contributed by atoms with Gasteiger partial charge in [-0.15, -0.1) is 0 Å². The van der Waals surface area contributed by atoms with Crippen molar-refractivity contribution in [3.05, 3.63) is 48.0 Å². The fourth-order valence-electron chi connectivity index (χ4n) is 1.28. The minimum atomic E-state index is -0.272. The molecule has 0 spiro atoms. The van der Waals surface area contributed by atoms with E-state index in [0.717, 1.165) is 19.3 Å². The lowest BCUT2D eigenvalue weighted by Crippen LogP contribution is -1.97. The van der Waals surface area contributed by atoms with Crippen LogP contribution in [0.15, 0.2) is 42.5 Å². The first-order valence-electron chi connectivity index (χ1n) is 5.21. The van der Waals surface area contributed by atoms with Crippen molar-refractivity contribution in [2.75, 3.05) is 0 Å². The van der Waals surface area contributed by atoms with Crippen LogP contribution in [-0.2, 0) is 6.42 Å². The summed E-state index contributed by atoms with van der Waals surface area (Å²) in [6, 6.07) is 10.4. The highest BCUT2D eigenvalue weighted by Crippen LogP contribution is 2.03. The van der Waals surface area contributed by atoms with Crippen molar-refractivity contribution in [2.45, 2.75) is 32.3 Å². The van der Waals surface area contributed by atoms with Gasteiger partial charge in [0.15, 0.2) is 0 Å². The van der Waals surface area contributed by atoms with Gasteiger partial charge in [0.1, 0.15) is 0 Å². The molecule has 1 aromatic carbocycles. The molecule has 0 bridgehead atoms. The van der Waals surface area contributed by atoms with E-state index < -0.39 is 0 Å². The van der Waals surface area contributed by atoms with E-state index in [1.807, 2.05) is 19.1 Å². The molecule has 0 radical (unpaired) electrons. The van der Waals surface area contributed by atoms with Crippen molar-refractivity contribution in [1.82, 2.24) is 0 Å². The minimum Gasteiger partial charge on any atom is -0.389 e. The van der Waals surface area contributed by atoms with Crippen LogP contribution in [0.3, 0.4) is 0 Å². The summed E-state index contributed by atoms with van der Waals surface area (Å²) in [6.07, 6.45) is 6.51. The highest BCUT2D eigenvalue weighted by molar-refractivity contribution is 5.15. The number of aryl methyl sites for hydroxylation is 1. The molecule has 1 nitrogen and oxygen atoms in total. The number of hydrogen-bond acceptors (Lipinski definition) is 1. The number of benzene rings is 1. The van der Waals surface area contributed by atoms with E-state index >= 15 is 0 Å². The quantitative estimate of drug-likeness (QED) is 0.708. The molecule has 0 fully saturated rings. The summed E-state index contributed by atoms with van der Waals surface area (Å²) >= 11 is 0. The van der Waals surface area contributed by atoms with Crippen molar-refractivity contribution in [3.8, 4) is 0 Å². The van der Waals surface area contributed by atoms with Crippen LogP contribution < -0.4 is 0 Å². The second-order valence-corrected chi connectivity index (χ2v) is 3.43. The molecule has 76 valence electrons. The average molecular weight is 190 g/mol. The average Bonchev–Trinajstić information content (AvgIpc) is 2.25. The molecule has 0 heterocycles. The first-order valence-corrected chi connectivity index (χ1v) is 5.21. The maximum atomic E-state index is 9.27. The molecule has 1 N–H and O–H groups in total. The Bertz CT molecular complexity index is 264. The molecule has 0 aliphatic heterocycles. The summed E-state index contributed by atoms with van der Waals surface area (Å²) < 4.78 is 0. The molecular weight excluding hydrogens is 172 g/mol. The van der Waals surface area contributed by atoms with Crippen LogP contribution >= 0.6 is 0 Å². The number of allylic oxidation sites excluding steroid dienone is 1.